The van der Waals surface area contributed by atoms with E-state index in [-0.39, 0.29) is 0 Å². The normalized spacial score (nSPS) is 11.0. The Morgan fingerprint density at radius 3 is 2.68 bits per heavy atom. The third-order valence-corrected chi connectivity index (χ3v) is 3.21. The lowest BCUT2D eigenvalue weighted by Crippen LogP contribution is -2.04. The predicted molar refractivity (Wildman–Crippen MR) is 73.2 cm³/mol. The van der Waals surface area contributed by atoms with Gasteiger partial charge >= 0.3 is 0 Å². The van der Waals surface area contributed by atoms with E-state index < -0.39 is 0 Å². The first-order chi connectivity index (χ1) is 9.02. The Hall–Kier alpha value is -1.75. The van der Waals surface area contributed by atoms with Crippen LogP contribution in [0.15, 0.2) is 10.5 Å². The first-order valence-electron chi connectivity index (χ1n) is 6.38. The van der Waals surface area contributed by atoms with Crippen molar-refractivity contribution < 1.29 is 9.15 Å². The summed E-state index contributed by atoms with van der Waals surface area (Å²) in [5.41, 5.74) is 3.07. The minimum Gasteiger partial charge on any atom is -0.482 e. The van der Waals surface area contributed by atoms with Gasteiger partial charge in [-0.2, -0.15) is 5.10 Å². The van der Waals surface area contributed by atoms with E-state index in [0.29, 0.717) is 6.61 Å². The fourth-order valence-corrected chi connectivity index (χ4v) is 2.10. The molecular weight excluding hydrogens is 242 g/mol. The van der Waals surface area contributed by atoms with Crippen molar-refractivity contribution in [2.24, 2.45) is 7.05 Å². The molecule has 0 fully saturated rings. The van der Waals surface area contributed by atoms with Crippen LogP contribution in [0.2, 0.25) is 0 Å². The smallest absolute Gasteiger partial charge is 0.163 e. The molecule has 2 aromatic rings. The van der Waals surface area contributed by atoms with E-state index in [2.05, 4.69) is 10.4 Å². The average molecular weight is 263 g/mol. The van der Waals surface area contributed by atoms with Crippen molar-refractivity contribution in [1.29, 1.82) is 0 Å². The number of nitrogens with one attached hydrogen (secondary N) is 1. The van der Waals surface area contributed by atoms with Crippen molar-refractivity contribution >= 4 is 0 Å². The highest BCUT2D eigenvalue weighted by Gasteiger charge is 2.12. The molecule has 19 heavy (non-hydrogen) atoms. The topological polar surface area (TPSA) is 52.2 Å². The zero-order valence-electron chi connectivity index (χ0n) is 12.2. The van der Waals surface area contributed by atoms with E-state index in [1.54, 1.807) is 0 Å². The van der Waals surface area contributed by atoms with Gasteiger partial charge in [-0.1, -0.05) is 0 Å². The summed E-state index contributed by atoms with van der Waals surface area (Å²) in [7, 11) is 3.82. The summed E-state index contributed by atoms with van der Waals surface area (Å²) in [5.74, 6) is 2.64. The van der Waals surface area contributed by atoms with Crippen molar-refractivity contribution in [3.63, 3.8) is 0 Å². The molecule has 0 aliphatic carbocycles. The highest BCUT2D eigenvalue weighted by Crippen LogP contribution is 2.23. The number of hydrogen-bond acceptors (Lipinski definition) is 4. The van der Waals surface area contributed by atoms with E-state index in [1.807, 2.05) is 45.6 Å². The molecule has 2 aromatic heterocycles. The van der Waals surface area contributed by atoms with Crippen LogP contribution >= 0.6 is 0 Å². The van der Waals surface area contributed by atoms with Gasteiger partial charge in [0.2, 0.25) is 0 Å². The minimum absolute atomic E-state index is 0.428. The number of furan rings is 1. The fraction of sp³-hybridized carbons (Fsp3) is 0.500. The van der Waals surface area contributed by atoms with Crippen LogP contribution in [0.25, 0.3) is 0 Å². The lowest BCUT2D eigenvalue weighted by atomic mass is 10.2. The second kappa shape index (κ2) is 5.48. The molecule has 1 N–H and O–H groups in total. The molecule has 0 radical (unpaired) electrons. The zero-order chi connectivity index (χ0) is 14.0. The Labute approximate surface area is 113 Å². The molecule has 0 atom stereocenters. The van der Waals surface area contributed by atoms with Crippen LogP contribution in [-0.2, 0) is 20.2 Å². The molecule has 0 bridgehead atoms. The summed E-state index contributed by atoms with van der Waals surface area (Å²) in [6, 6.07) is 2.02. The number of aromatic nitrogens is 2. The zero-order valence-corrected chi connectivity index (χ0v) is 12.2. The maximum absolute atomic E-state index is 5.82. The van der Waals surface area contributed by atoms with Crippen LogP contribution in [0.3, 0.4) is 0 Å². The third-order valence-electron chi connectivity index (χ3n) is 3.21. The van der Waals surface area contributed by atoms with Crippen LogP contribution < -0.4 is 10.1 Å². The maximum Gasteiger partial charge on any atom is 0.163 e. The van der Waals surface area contributed by atoms with Crippen molar-refractivity contribution in [3.05, 3.63) is 34.5 Å². The van der Waals surface area contributed by atoms with E-state index in [4.69, 9.17) is 9.15 Å². The molecule has 5 heteroatoms. The number of hydrogen-bond donors (Lipinski definition) is 1. The van der Waals surface area contributed by atoms with Crippen molar-refractivity contribution in [2.45, 2.75) is 33.9 Å². The highest BCUT2D eigenvalue weighted by molar-refractivity contribution is 5.32. The molecule has 104 valence electrons. The molecule has 0 spiro atoms. The SMILES string of the molecule is CNCc1oc(COc2c(C)nn(C)c2C)cc1C. The summed E-state index contributed by atoms with van der Waals surface area (Å²) in [6.07, 6.45) is 0. The van der Waals surface area contributed by atoms with Gasteiger partial charge in [0.15, 0.2) is 5.75 Å². The first-order valence-corrected chi connectivity index (χ1v) is 6.38. The second-order valence-electron chi connectivity index (χ2n) is 4.76. The van der Waals surface area contributed by atoms with Crippen molar-refractivity contribution in [2.75, 3.05) is 7.05 Å². The Bertz CT molecular complexity index is 569. The van der Waals surface area contributed by atoms with Gasteiger partial charge < -0.3 is 14.5 Å². The highest BCUT2D eigenvalue weighted by atomic mass is 16.5. The molecule has 0 aromatic carbocycles. The summed E-state index contributed by atoms with van der Waals surface area (Å²) in [4.78, 5) is 0. The maximum atomic E-state index is 5.82. The summed E-state index contributed by atoms with van der Waals surface area (Å²) >= 11 is 0. The molecule has 0 aliphatic heterocycles. The van der Waals surface area contributed by atoms with Crippen LogP contribution in [-0.4, -0.2) is 16.8 Å². The van der Waals surface area contributed by atoms with E-state index >= 15 is 0 Å². The van der Waals surface area contributed by atoms with Gasteiger partial charge in [0.25, 0.3) is 0 Å². The number of rotatable bonds is 5. The largest absolute Gasteiger partial charge is 0.482 e. The molecular formula is C14H21N3O2. The van der Waals surface area contributed by atoms with Gasteiger partial charge in [0.05, 0.1) is 12.2 Å². The molecule has 2 heterocycles. The van der Waals surface area contributed by atoms with Gasteiger partial charge in [0.1, 0.15) is 23.8 Å². The van der Waals surface area contributed by atoms with Gasteiger partial charge in [-0.15, -0.1) is 0 Å². The summed E-state index contributed by atoms with van der Waals surface area (Å²) in [6.45, 7) is 7.15. The summed E-state index contributed by atoms with van der Waals surface area (Å²) < 4.78 is 13.4. The second-order valence-corrected chi connectivity index (χ2v) is 4.76. The summed E-state index contributed by atoms with van der Waals surface area (Å²) in [5, 5.41) is 7.41. The molecule has 2 rings (SSSR count). The Balaban J connectivity index is 2.08. The Morgan fingerprint density at radius 2 is 2.11 bits per heavy atom. The monoisotopic (exact) mass is 263 g/mol. The van der Waals surface area contributed by atoms with Gasteiger partial charge in [-0.3, -0.25) is 4.68 Å². The van der Waals surface area contributed by atoms with Gasteiger partial charge in [-0.25, -0.2) is 0 Å². The molecule has 0 saturated carbocycles. The van der Waals surface area contributed by atoms with Crippen LogP contribution in [0.1, 0.15) is 28.5 Å². The fourth-order valence-electron chi connectivity index (χ4n) is 2.10. The van der Waals surface area contributed by atoms with Gasteiger partial charge in [0, 0.05) is 7.05 Å². The number of ether oxygens (including phenoxy) is 1. The lowest BCUT2D eigenvalue weighted by molar-refractivity contribution is 0.262. The molecule has 0 unspecified atom stereocenters. The van der Waals surface area contributed by atoms with Crippen LogP contribution in [0, 0.1) is 20.8 Å². The number of aryl methyl sites for hydroxylation is 3. The van der Waals surface area contributed by atoms with Crippen molar-refractivity contribution in [3.8, 4) is 5.75 Å². The quantitative estimate of drug-likeness (QED) is 0.899. The number of nitrogens with zero attached hydrogens (tertiary/aromatic N) is 2. The molecule has 0 saturated heterocycles. The molecule has 5 nitrogen and oxygen atoms in total. The minimum atomic E-state index is 0.428. The average Bonchev–Trinajstić information content (AvgIpc) is 2.81. The van der Waals surface area contributed by atoms with Crippen molar-refractivity contribution in [1.82, 2.24) is 15.1 Å². The Morgan fingerprint density at radius 1 is 1.37 bits per heavy atom. The molecule has 0 aliphatic rings. The van der Waals surface area contributed by atoms with Crippen LogP contribution in [0.4, 0.5) is 0 Å². The third kappa shape index (κ3) is 2.81. The van der Waals surface area contributed by atoms with E-state index in [9.17, 15) is 0 Å². The van der Waals surface area contributed by atoms with E-state index in [1.165, 1.54) is 0 Å². The Kier molecular flexibility index (Phi) is 3.95. The predicted octanol–water partition coefficient (Wildman–Crippen LogP) is 2.24. The van der Waals surface area contributed by atoms with Crippen LogP contribution in [0.5, 0.6) is 5.75 Å². The standard InChI is InChI=1S/C14H21N3O2/c1-9-6-12(19-13(9)7-15-4)8-18-14-10(2)16-17(5)11(14)3/h6,15H,7-8H2,1-5H3. The lowest BCUT2D eigenvalue weighted by Gasteiger charge is -2.04. The van der Waals surface area contributed by atoms with E-state index in [0.717, 1.165) is 40.8 Å². The molecule has 0 amide bonds. The van der Waals surface area contributed by atoms with Gasteiger partial charge in [-0.05, 0) is 39.4 Å². The first kappa shape index (κ1) is 13.7.